The molecule has 0 amide bonds. The van der Waals surface area contributed by atoms with E-state index in [1.807, 2.05) is 0 Å². The summed E-state index contributed by atoms with van der Waals surface area (Å²) in [4.78, 5) is 22.3. The van der Waals surface area contributed by atoms with Crippen LogP contribution >= 0.6 is 0 Å². The molecule has 2 fully saturated rings. The zero-order valence-electron chi connectivity index (χ0n) is 14.8. The Bertz CT molecular complexity index is 805. The second-order valence-electron chi connectivity index (χ2n) is 6.87. The largest absolute Gasteiger partial charge is 0.377 e. The van der Waals surface area contributed by atoms with Crippen molar-refractivity contribution in [1.82, 2.24) is 9.97 Å². The minimum absolute atomic E-state index is 0.0718. The minimum Gasteiger partial charge on any atom is -0.377 e. The number of hydrogen-bond acceptors (Lipinski definition) is 6. The molecule has 1 atom stereocenters. The number of benzene rings is 1. The van der Waals surface area contributed by atoms with Crippen LogP contribution in [0.2, 0.25) is 0 Å². The smallest absolute Gasteiger partial charge is 0.269 e. The van der Waals surface area contributed by atoms with Gasteiger partial charge in [-0.2, -0.15) is 0 Å². The molecule has 0 radical (unpaired) electrons. The van der Waals surface area contributed by atoms with Crippen molar-refractivity contribution in [2.75, 3.05) is 24.7 Å². The van der Waals surface area contributed by atoms with E-state index in [0.717, 1.165) is 36.6 Å². The Morgan fingerprint density at radius 1 is 1.27 bits per heavy atom. The maximum atomic E-state index is 10.9. The molecule has 1 aliphatic heterocycles. The second kappa shape index (κ2) is 6.99. The highest BCUT2D eigenvalue weighted by molar-refractivity contribution is 5.60. The van der Waals surface area contributed by atoms with Crippen molar-refractivity contribution >= 4 is 11.5 Å². The van der Waals surface area contributed by atoms with Gasteiger partial charge in [0.1, 0.15) is 5.82 Å². The molecule has 1 aromatic heterocycles. The van der Waals surface area contributed by atoms with Gasteiger partial charge < -0.3 is 9.64 Å². The highest BCUT2D eigenvalue weighted by atomic mass is 16.6. The zero-order valence-corrected chi connectivity index (χ0v) is 14.8. The lowest BCUT2D eigenvalue weighted by Gasteiger charge is -2.37. The van der Waals surface area contributed by atoms with Crippen LogP contribution in [0.5, 0.6) is 0 Å². The van der Waals surface area contributed by atoms with Crippen molar-refractivity contribution in [3.05, 3.63) is 46.1 Å². The van der Waals surface area contributed by atoms with Gasteiger partial charge in [0.05, 0.1) is 24.2 Å². The number of non-ortho nitro benzene ring substituents is 1. The number of hydrogen-bond donors (Lipinski definition) is 0. The van der Waals surface area contributed by atoms with E-state index in [9.17, 15) is 10.1 Å². The molecule has 0 bridgehead atoms. The molecule has 4 rings (SSSR count). The minimum atomic E-state index is -0.396. The van der Waals surface area contributed by atoms with E-state index in [1.54, 1.807) is 12.1 Å². The molecule has 1 aliphatic carbocycles. The number of aryl methyl sites for hydroxylation is 1. The zero-order chi connectivity index (χ0) is 18.1. The van der Waals surface area contributed by atoms with Crippen LogP contribution in [-0.4, -0.2) is 40.7 Å². The molecule has 1 saturated heterocycles. The Morgan fingerprint density at radius 3 is 2.69 bits per heavy atom. The summed E-state index contributed by atoms with van der Waals surface area (Å²) >= 11 is 0. The standard InChI is InChI=1S/C19H22N4O3/c1-2-15-11-18(22-9-10-26-12-17(22)13-3-4-13)21-19(20-15)14-5-7-16(8-6-14)23(24)25/h5-8,11,13,17H,2-4,9-10,12H2,1H3/t17-/m0/s1. The molecule has 0 N–H and O–H groups in total. The fourth-order valence-electron chi connectivity index (χ4n) is 3.45. The third kappa shape index (κ3) is 3.39. The summed E-state index contributed by atoms with van der Waals surface area (Å²) in [5.41, 5.74) is 1.84. The van der Waals surface area contributed by atoms with Crippen LogP contribution in [0.1, 0.15) is 25.5 Å². The topological polar surface area (TPSA) is 81.4 Å². The molecular formula is C19H22N4O3. The van der Waals surface area contributed by atoms with E-state index in [4.69, 9.17) is 9.72 Å². The number of ether oxygens (including phenoxy) is 1. The Balaban J connectivity index is 1.69. The third-order valence-electron chi connectivity index (χ3n) is 5.09. The van der Waals surface area contributed by atoms with Crippen molar-refractivity contribution in [2.45, 2.75) is 32.2 Å². The van der Waals surface area contributed by atoms with Gasteiger partial charge in [0.15, 0.2) is 5.82 Å². The normalized spacial score (nSPS) is 20.2. The van der Waals surface area contributed by atoms with E-state index in [1.165, 1.54) is 25.0 Å². The average Bonchev–Trinajstić information content (AvgIpc) is 3.53. The highest BCUT2D eigenvalue weighted by Crippen LogP contribution is 2.38. The number of nitro groups is 1. The Hall–Kier alpha value is -2.54. The van der Waals surface area contributed by atoms with Gasteiger partial charge in [0.2, 0.25) is 0 Å². The van der Waals surface area contributed by atoms with Gasteiger partial charge in [-0.15, -0.1) is 0 Å². The first kappa shape index (κ1) is 16.9. The van der Waals surface area contributed by atoms with E-state index in [0.29, 0.717) is 24.4 Å². The summed E-state index contributed by atoms with van der Waals surface area (Å²) < 4.78 is 5.69. The summed E-state index contributed by atoms with van der Waals surface area (Å²) in [5, 5.41) is 10.9. The van der Waals surface area contributed by atoms with Gasteiger partial charge in [0, 0.05) is 36.0 Å². The van der Waals surface area contributed by atoms with Crippen LogP contribution in [-0.2, 0) is 11.2 Å². The molecule has 0 unspecified atom stereocenters. The van der Waals surface area contributed by atoms with Gasteiger partial charge in [-0.05, 0) is 37.3 Å². The first-order chi connectivity index (χ1) is 12.7. The first-order valence-corrected chi connectivity index (χ1v) is 9.13. The number of anilines is 1. The summed E-state index contributed by atoms with van der Waals surface area (Å²) in [6, 6.07) is 8.88. The molecular weight excluding hydrogens is 332 g/mol. The van der Waals surface area contributed by atoms with Crippen molar-refractivity contribution < 1.29 is 9.66 Å². The maximum Gasteiger partial charge on any atom is 0.269 e. The number of nitro benzene ring substituents is 1. The lowest BCUT2D eigenvalue weighted by atomic mass is 10.1. The van der Waals surface area contributed by atoms with Crippen molar-refractivity contribution in [3.8, 4) is 11.4 Å². The predicted octanol–water partition coefficient (Wildman–Crippen LogP) is 3.23. The van der Waals surface area contributed by atoms with Gasteiger partial charge in [-0.1, -0.05) is 6.92 Å². The Kier molecular flexibility index (Phi) is 4.55. The molecule has 1 saturated carbocycles. The first-order valence-electron chi connectivity index (χ1n) is 9.13. The van der Waals surface area contributed by atoms with Crippen molar-refractivity contribution in [2.24, 2.45) is 5.92 Å². The van der Waals surface area contributed by atoms with Gasteiger partial charge in [0.25, 0.3) is 5.69 Å². The highest BCUT2D eigenvalue weighted by Gasteiger charge is 2.38. The predicted molar refractivity (Wildman–Crippen MR) is 98.2 cm³/mol. The summed E-state index contributed by atoms with van der Waals surface area (Å²) in [6.45, 7) is 4.37. The second-order valence-corrected chi connectivity index (χ2v) is 6.87. The van der Waals surface area contributed by atoms with Gasteiger partial charge >= 0.3 is 0 Å². The van der Waals surface area contributed by atoms with Crippen LogP contribution in [0.4, 0.5) is 11.5 Å². The van der Waals surface area contributed by atoms with E-state index in [2.05, 4.69) is 22.9 Å². The van der Waals surface area contributed by atoms with Gasteiger partial charge in [-0.3, -0.25) is 10.1 Å². The van der Waals surface area contributed by atoms with Crippen LogP contribution in [0, 0.1) is 16.0 Å². The van der Waals surface area contributed by atoms with E-state index in [-0.39, 0.29) is 5.69 Å². The van der Waals surface area contributed by atoms with Gasteiger partial charge in [-0.25, -0.2) is 9.97 Å². The number of morpholine rings is 1. The number of rotatable bonds is 5. The van der Waals surface area contributed by atoms with Crippen molar-refractivity contribution in [3.63, 3.8) is 0 Å². The quantitative estimate of drug-likeness (QED) is 0.606. The lowest BCUT2D eigenvalue weighted by Crippen LogP contribution is -2.47. The molecule has 26 heavy (non-hydrogen) atoms. The Morgan fingerprint density at radius 2 is 2.04 bits per heavy atom. The van der Waals surface area contributed by atoms with Crippen LogP contribution < -0.4 is 4.90 Å². The monoisotopic (exact) mass is 354 g/mol. The molecule has 7 heteroatoms. The van der Waals surface area contributed by atoms with Crippen LogP contribution in [0.15, 0.2) is 30.3 Å². The molecule has 1 aromatic carbocycles. The lowest BCUT2D eigenvalue weighted by molar-refractivity contribution is -0.384. The molecule has 136 valence electrons. The molecule has 7 nitrogen and oxygen atoms in total. The van der Waals surface area contributed by atoms with Crippen LogP contribution in [0.25, 0.3) is 11.4 Å². The number of aromatic nitrogens is 2. The summed E-state index contributed by atoms with van der Waals surface area (Å²) in [6.07, 6.45) is 3.32. The fraction of sp³-hybridized carbons (Fsp3) is 0.474. The fourth-order valence-corrected chi connectivity index (χ4v) is 3.45. The van der Waals surface area contributed by atoms with Crippen molar-refractivity contribution in [1.29, 1.82) is 0 Å². The average molecular weight is 354 g/mol. The molecule has 0 spiro atoms. The molecule has 2 heterocycles. The van der Waals surface area contributed by atoms with E-state index < -0.39 is 4.92 Å². The summed E-state index contributed by atoms with van der Waals surface area (Å²) in [7, 11) is 0. The molecule has 2 aliphatic rings. The van der Waals surface area contributed by atoms with Crippen LogP contribution in [0.3, 0.4) is 0 Å². The molecule has 2 aromatic rings. The Labute approximate surface area is 152 Å². The third-order valence-corrected chi connectivity index (χ3v) is 5.09. The van der Waals surface area contributed by atoms with E-state index >= 15 is 0 Å². The number of nitrogens with zero attached hydrogens (tertiary/aromatic N) is 4. The SMILES string of the molecule is CCc1cc(N2CCOC[C@H]2C2CC2)nc(-c2ccc([N+](=O)[O-])cc2)n1. The maximum absolute atomic E-state index is 10.9. The summed E-state index contributed by atoms with van der Waals surface area (Å²) in [5.74, 6) is 2.25.